The first-order valence-corrected chi connectivity index (χ1v) is 9.92. The molecule has 0 saturated carbocycles. The van der Waals surface area contributed by atoms with Crippen LogP contribution in [0.15, 0.2) is 66.9 Å². The van der Waals surface area contributed by atoms with Crippen LogP contribution in [0.25, 0.3) is 6.08 Å². The van der Waals surface area contributed by atoms with Crippen molar-refractivity contribution in [2.45, 2.75) is 12.7 Å². The zero-order valence-electron chi connectivity index (χ0n) is 17.0. The van der Waals surface area contributed by atoms with Gasteiger partial charge in [0.1, 0.15) is 19.8 Å². The summed E-state index contributed by atoms with van der Waals surface area (Å²) in [6, 6.07) is 15.5. The lowest BCUT2D eigenvalue weighted by Crippen LogP contribution is -2.34. The number of carbonyl (C=O) groups is 1. The molecule has 0 fully saturated rings. The molecule has 2 aromatic carbocycles. The van der Waals surface area contributed by atoms with Crippen molar-refractivity contribution in [1.82, 2.24) is 9.78 Å². The van der Waals surface area contributed by atoms with Gasteiger partial charge in [0.15, 0.2) is 17.2 Å². The number of anilines is 1. The molecule has 166 valence electrons. The second kappa shape index (κ2) is 9.17. The molecule has 3 aromatic rings. The van der Waals surface area contributed by atoms with E-state index in [0.29, 0.717) is 30.4 Å². The highest BCUT2D eigenvalue weighted by Crippen LogP contribution is 2.34. The van der Waals surface area contributed by atoms with Crippen molar-refractivity contribution < 1.29 is 27.4 Å². The molecule has 0 bridgehead atoms. The van der Waals surface area contributed by atoms with Crippen LogP contribution in [0.4, 0.5) is 18.9 Å². The molecule has 0 saturated heterocycles. The maximum Gasteiger partial charge on any atom is 0.435 e. The van der Waals surface area contributed by atoms with E-state index < -0.39 is 17.8 Å². The van der Waals surface area contributed by atoms with Crippen molar-refractivity contribution >= 4 is 17.7 Å². The highest BCUT2D eigenvalue weighted by atomic mass is 19.4. The number of aromatic nitrogens is 2. The zero-order valence-corrected chi connectivity index (χ0v) is 17.0. The standard InChI is InChI=1S/C23H20F3N3O3/c24-23(25,26)21-10-12-28(27-21)16-22(30)29(11-4-7-17-5-2-1-3-6-17)18-8-9-19-20(15-18)32-14-13-31-19/h1-10,12,15H,11,13-14,16H2/b7-4+. The molecule has 1 amide bonds. The van der Waals surface area contributed by atoms with Gasteiger partial charge in [0.2, 0.25) is 5.91 Å². The fourth-order valence-electron chi connectivity index (χ4n) is 3.23. The number of nitrogens with zero attached hydrogens (tertiary/aromatic N) is 3. The largest absolute Gasteiger partial charge is 0.486 e. The molecule has 4 rings (SSSR count). The van der Waals surface area contributed by atoms with Crippen LogP contribution in [-0.4, -0.2) is 35.4 Å². The lowest BCUT2D eigenvalue weighted by atomic mass is 10.2. The van der Waals surface area contributed by atoms with Gasteiger partial charge in [0.25, 0.3) is 0 Å². The third kappa shape index (κ3) is 5.11. The number of fused-ring (bicyclic) bond motifs is 1. The molecule has 9 heteroatoms. The van der Waals surface area contributed by atoms with Crippen LogP contribution < -0.4 is 14.4 Å². The fourth-order valence-corrected chi connectivity index (χ4v) is 3.23. The molecule has 2 heterocycles. The predicted molar refractivity (Wildman–Crippen MR) is 112 cm³/mol. The van der Waals surface area contributed by atoms with Crippen molar-refractivity contribution in [2.24, 2.45) is 0 Å². The number of amides is 1. The summed E-state index contributed by atoms with van der Waals surface area (Å²) >= 11 is 0. The van der Waals surface area contributed by atoms with Crippen LogP contribution >= 0.6 is 0 Å². The van der Waals surface area contributed by atoms with Crippen LogP contribution in [0.5, 0.6) is 11.5 Å². The quantitative estimate of drug-likeness (QED) is 0.566. The van der Waals surface area contributed by atoms with E-state index in [1.54, 1.807) is 18.2 Å². The Bertz CT molecular complexity index is 1110. The molecular formula is C23H20F3N3O3. The third-order valence-corrected chi connectivity index (χ3v) is 4.76. The van der Waals surface area contributed by atoms with E-state index in [2.05, 4.69) is 5.10 Å². The maximum atomic E-state index is 13.1. The van der Waals surface area contributed by atoms with Crippen LogP contribution in [0.2, 0.25) is 0 Å². The van der Waals surface area contributed by atoms with E-state index >= 15 is 0 Å². The first-order chi connectivity index (χ1) is 15.4. The van der Waals surface area contributed by atoms with Gasteiger partial charge in [-0.1, -0.05) is 42.5 Å². The smallest absolute Gasteiger partial charge is 0.435 e. The summed E-state index contributed by atoms with van der Waals surface area (Å²) in [6.45, 7) is 0.700. The second-order valence-corrected chi connectivity index (χ2v) is 7.04. The fraction of sp³-hybridized carbons (Fsp3) is 0.217. The van der Waals surface area contributed by atoms with Crippen molar-refractivity contribution in [3.8, 4) is 11.5 Å². The molecule has 1 aromatic heterocycles. The maximum absolute atomic E-state index is 13.1. The average Bonchev–Trinajstić information content (AvgIpc) is 3.26. The van der Waals surface area contributed by atoms with E-state index in [1.807, 2.05) is 42.5 Å². The first-order valence-electron chi connectivity index (χ1n) is 9.92. The second-order valence-electron chi connectivity index (χ2n) is 7.04. The van der Waals surface area contributed by atoms with Crippen LogP contribution in [0, 0.1) is 0 Å². The van der Waals surface area contributed by atoms with Crippen LogP contribution in [-0.2, 0) is 17.5 Å². The van der Waals surface area contributed by atoms with E-state index in [9.17, 15) is 18.0 Å². The van der Waals surface area contributed by atoms with Crippen LogP contribution in [0.1, 0.15) is 11.3 Å². The van der Waals surface area contributed by atoms with Gasteiger partial charge in [-0.3, -0.25) is 9.48 Å². The number of rotatable bonds is 6. The Balaban J connectivity index is 1.57. The predicted octanol–water partition coefficient (Wildman–Crippen LogP) is 4.42. The van der Waals surface area contributed by atoms with Crippen molar-refractivity contribution in [2.75, 3.05) is 24.7 Å². The van der Waals surface area contributed by atoms with E-state index in [0.717, 1.165) is 22.5 Å². The molecule has 0 spiro atoms. The molecule has 6 nitrogen and oxygen atoms in total. The molecule has 1 aliphatic rings. The molecule has 0 N–H and O–H groups in total. The van der Waals surface area contributed by atoms with Gasteiger partial charge in [0.05, 0.1) is 0 Å². The van der Waals surface area contributed by atoms with Crippen LogP contribution in [0.3, 0.4) is 0 Å². The van der Waals surface area contributed by atoms with E-state index in [-0.39, 0.29) is 13.1 Å². The topological polar surface area (TPSA) is 56.6 Å². The van der Waals surface area contributed by atoms with Gasteiger partial charge in [-0.05, 0) is 23.8 Å². The monoisotopic (exact) mass is 443 g/mol. The lowest BCUT2D eigenvalue weighted by Gasteiger charge is -2.24. The van der Waals surface area contributed by atoms with Crippen molar-refractivity contribution in [1.29, 1.82) is 0 Å². The Morgan fingerprint density at radius 1 is 1.06 bits per heavy atom. The van der Waals surface area contributed by atoms with Crippen molar-refractivity contribution in [3.63, 3.8) is 0 Å². The van der Waals surface area contributed by atoms with Gasteiger partial charge < -0.3 is 14.4 Å². The first kappa shape index (κ1) is 21.5. The Hall–Kier alpha value is -3.75. The minimum absolute atomic E-state index is 0.209. The molecule has 32 heavy (non-hydrogen) atoms. The number of alkyl halides is 3. The summed E-state index contributed by atoms with van der Waals surface area (Å²) in [5.41, 5.74) is 0.462. The highest BCUT2D eigenvalue weighted by molar-refractivity contribution is 5.94. The molecule has 0 aliphatic carbocycles. The van der Waals surface area contributed by atoms with Gasteiger partial charge in [-0.25, -0.2) is 0 Å². The normalized spacial score (nSPS) is 13.3. The number of benzene rings is 2. The summed E-state index contributed by atoms with van der Waals surface area (Å²) in [4.78, 5) is 14.5. The van der Waals surface area contributed by atoms with Gasteiger partial charge in [-0.15, -0.1) is 0 Å². The number of hydrogen-bond acceptors (Lipinski definition) is 4. The molecule has 0 radical (unpaired) electrons. The van der Waals surface area contributed by atoms with Crippen molar-refractivity contribution in [3.05, 3.63) is 78.1 Å². The Kier molecular flexibility index (Phi) is 6.16. The average molecular weight is 443 g/mol. The minimum atomic E-state index is -4.57. The van der Waals surface area contributed by atoms with E-state index in [1.165, 1.54) is 4.90 Å². The number of ether oxygens (including phenoxy) is 2. The summed E-state index contributed by atoms with van der Waals surface area (Å²) in [6.07, 6.45) is 0.257. The summed E-state index contributed by atoms with van der Waals surface area (Å²) in [7, 11) is 0. The molecule has 1 aliphatic heterocycles. The third-order valence-electron chi connectivity index (χ3n) is 4.76. The summed E-state index contributed by atoms with van der Waals surface area (Å²) in [5.74, 6) is 0.669. The van der Waals surface area contributed by atoms with Gasteiger partial charge in [-0.2, -0.15) is 18.3 Å². The number of carbonyl (C=O) groups excluding carboxylic acids is 1. The molecular weight excluding hydrogens is 423 g/mol. The lowest BCUT2D eigenvalue weighted by molar-refractivity contribution is -0.141. The summed E-state index contributed by atoms with van der Waals surface area (Å²) in [5, 5.41) is 3.48. The highest BCUT2D eigenvalue weighted by Gasteiger charge is 2.33. The van der Waals surface area contributed by atoms with Gasteiger partial charge in [0, 0.05) is 24.5 Å². The zero-order chi connectivity index (χ0) is 22.6. The SMILES string of the molecule is O=C(Cn1ccc(C(F)(F)F)n1)N(C/C=C/c1ccccc1)c1ccc2c(c1)OCCO2. The van der Waals surface area contributed by atoms with Gasteiger partial charge >= 0.3 is 6.18 Å². The Morgan fingerprint density at radius 2 is 1.81 bits per heavy atom. The number of halogens is 3. The minimum Gasteiger partial charge on any atom is -0.486 e. The molecule has 0 atom stereocenters. The summed E-state index contributed by atoms with van der Waals surface area (Å²) < 4.78 is 50.6. The molecule has 0 unspecified atom stereocenters. The number of hydrogen-bond donors (Lipinski definition) is 0. The Labute approximate surface area is 182 Å². The van der Waals surface area contributed by atoms with E-state index in [4.69, 9.17) is 9.47 Å². The Morgan fingerprint density at radius 3 is 2.53 bits per heavy atom.